The van der Waals surface area contributed by atoms with E-state index >= 15 is 0 Å². The van der Waals surface area contributed by atoms with Gasteiger partial charge in [0.1, 0.15) is 0 Å². The van der Waals surface area contributed by atoms with E-state index in [1.54, 1.807) is 39.5 Å². The molecule has 0 aromatic heterocycles. The molecule has 0 aliphatic carbocycles. The fourth-order valence-electron chi connectivity index (χ4n) is 3.53. The van der Waals surface area contributed by atoms with Gasteiger partial charge in [-0.15, -0.1) is 0 Å². The number of nitrogens with zero attached hydrogens (tertiary/aromatic N) is 1. The van der Waals surface area contributed by atoms with Gasteiger partial charge in [0.15, 0.2) is 11.5 Å². The first-order valence-electron chi connectivity index (χ1n) is 9.79. The second-order valence-electron chi connectivity index (χ2n) is 6.85. The third kappa shape index (κ3) is 5.02. The number of ether oxygens (including phenoxy) is 3. The van der Waals surface area contributed by atoms with E-state index in [2.05, 4.69) is 16.3 Å². The van der Waals surface area contributed by atoms with E-state index in [4.69, 9.17) is 14.2 Å². The van der Waals surface area contributed by atoms with Crippen LogP contribution in [0.5, 0.6) is 17.2 Å². The maximum Gasteiger partial charge on any atom is 0.248 e. The van der Waals surface area contributed by atoms with Gasteiger partial charge in [0.2, 0.25) is 11.7 Å². The average molecular weight is 396 g/mol. The molecular formula is C23H28N2O4. The number of amides is 1. The second-order valence-corrected chi connectivity index (χ2v) is 6.85. The van der Waals surface area contributed by atoms with Gasteiger partial charge in [0.05, 0.1) is 32.7 Å². The van der Waals surface area contributed by atoms with Crippen LogP contribution in [0, 0.1) is 0 Å². The van der Waals surface area contributed by atoms with Crippen molar-refractivity contribution in [1.82, 2.24) is 0 Å². The fourth-order valence-corrected chi connectivity index (χ4v) is 3.53. The molecule has 0 unspecified atom stereocenters. The molecule has 1 saturated heterocycles. The molecule has 1 amide bonds. The van der Waals surface area contributed by atoms with Crippen LogP contribution in [-0.4, -0.2) is 40.3 Å². The van der Waals surface area contributed by atoms with Gasteiger partial charge in [0, 0.05) is 19.2 Å². The Balaban J connectivity index is 1.75. The third-order valence-corrected chi connectivity index (χ3v) is 4.97. The van der Waals surface area contributed by atoms with Crippen molar-refractivity contribution < 1.29 is 19.0 Å². The van der Waals surface area contributed by atoms with Crippen LogP contribution in [0.15, 0.2) is 42.5 Å². The molecule has 0 atom stereocenters. The van der Waals surface area contributed by atoms with Crippen molar-refractivity contribution in [3.63, 3.8) is 0 Å². The van der Waals surface area contributed by atoms with Crippen LogP contribution in [0.4, 0.5) is 11.4 Å². The molecule has 6 heteroatoms. The van der Waals surface area contributed by atoms with E-state index in [1.165, 1.54) is 25.3 Å². The van der Waals surface area contributed by atoms with Gasteiger partial charge in [-0.05, 0) is 55.2 Å². The number of rotatable bonds is 7. The highest BCUT2D eigenvalue weighted by atomic mass is 16.5. The minimum absolute atomic E-state index is 0.191. The molecule has 0 saturated carbocycles. The minimum Gasteiger partial charge on any atom is -0.493 e. The zero-order chi connectivity index (χ0) is 20.6. The SMILES string of the molecule is COc1cc(/C=C/C(=O)Nc2ccccc2N2CCCCC2)cc(OC)c1OC. The van der Waals surface area contributed by atoms with Crippen LogP contribution in [0.1, 0.15) is 24.8 Å². The number of hydrogen-bond acceptors (Lipinski definition) is 5. The Kier molecular flexibility index (Phi) is 7.00. The van der Waals surface area contributed by atoms with Crippen LogP contribution in [0.2, 0.25) is 0 Å². The van der Waals surface area contributed by atoms with E-state index in [0.29, 0.717) is 17.2 Å². The molecule has 0 spiro atoms. The molecule has 1 fully saturated rings. The summed E-state index contributed by atoms with van der Waals surface area (Å²) >= 11 is 0. The molecule has 154 valence electrons. The summed E-state index contributed by atoms with van der Waals surface area (Å²) in [7, 11) is 4.69. The third-order valence-electron chi connectivity index (χ3n) is 4.97. The number of para-hydroxylation sites is 2. The number of benzene rings is 2. The monoisotopic (exact) mass is 396 g/mol. The quantitative estimate of drug-likeness (QED) is 0.705. The van der Waals surface area contributed by atoms with Crippen molar-refractivity contribution in [1.29, 1.82) is 0 Å². The number of carbonyl (C=O) groups excluding carboxylic acids is 1. The first kappa shape index (κ1) is 20.6. The molecule has 29 heavy (non-hydrogen) atoms. The molecule has 1 heterocycles. The molecule has 0 bridgehead atoms. The number of nitrogens with one attached hydrogen (secondary N) is 1. The topological polar surface area (TPSA) is 60.0 Å². The lowest BCUT2D eigenvalue weighted by molar-refractivity contribution is -0.111. The Morgan fingerprint density at radius 2 is 1.62 bits per heavy atom. The highest BCUT2D eigenvalue weighted by Crippen LogP contribution is 2.38. The summed E-state index contributed by atoms with van der Waals surface area (Å²) in [6, 6.07) is 11.5. The van der Waals surface area contributed by atoms with E-state index in [1.807, 2.05) is 18.2 Å². The Bertz CT molecular complexity index is 848. The number of carbonyl (C=O) groups is 1. The predicted molar refractivity (Wildman–Crippen MR) is 116 cm³/mol. The summed E-state index contributed by atoms with van der Waals surface area (Å²) in [5.74, 6) is 1.42. The zero-order valence-electron chi connectivity index (χ0n) is 17.2. The van der Waals surface area contributed by atoms with Crippen molar-refractivity contribution >= 4 is 23.4 Å². The first-order chi connectivity index (χ1) is 14.2. The lowest BCUT2D eigenvalue weighted by Crippen LogP contribution is -2.30. The largest absolute Gasteiger partial charge is 0.493 e. The van der Waals surface area contributed by atoms with Gasteiger partial charge < -0.3 is 24.4 Å². The average Bonchev–Trinajstić information content (AvgIpc) is 2.77. The van der Waals surface area contributed by atoms with E-state index in [9.17, 15) is 4.79 Å². The molecule has 1 aliphatic rings. The number of hydrogen-bond donors (Lipinski definition) is 1. The summed E-state index contributed by atoms with van der Waals surface area (Å²) in [5.41, 5.74) is 2.68. The van der Waals surface area contributed by atoms with Gasteiger partial charge in [-0.3, -0.25) is 4.79 Å². The lowest BCUT2D eigenvalue weighted by atomic mass is 10.1. The van der Waals surface area contributed by atoms with Crippen molar-refractivity contribution in [2.75, 3.05) is 44.6 Å². The van der Waals surface area contributed by atoms with E-state index in [0.717, 1.165) is 30.0 Å². The zero-order valence-corrected chi connectivity index (χ0v) is 17.2. The molecule has 1 aliphatic heterocycles. The van der Waals surface area contributed by atoms with Gasteiger partial charge in [-0.25, -0.2) is 0 Å². The number of methoxy groups -OCH3 is 3. The van der Waals surface area contributed by atoms with Crippen LogP contribution < -0.4 is 24.4 Å². The minimum atomic E-state index is -0.191. The number of piperidine rings is 1. The standard InChI is InChI=1S/C23H28N2O4/c1-27-20-15-17(16-21(28-2)23(20)29-3)11-12-22(26)24-18-9-5-6-10-19(18)25-13-7-4-8-14-25/h5-6,9-12,15-16H,4,7-8,13-14H2,1-3H3,(H,24,26)/b12-11+. The van der Waals surface area contributed by atoms with Crippen LogP contribution >= 0.6 is 0 Å². The highest BCUT2D eigenvalue weighted by molar-refractivity contribution is 6.03. The Morgan fingerprint density at radius 3 is 2.24 bits per heavy atom. The Morgan fingerprint density at radius 1 is 0.966 bits per heavy atom. The molecule has 3 rings (SSSR count). The molecule has 0 radical (unpaired) electrons. The van der Waals surface area contributed by atoms with Crippen LogP contribution in [-0.2, 0) is 4.79 Å². The molecule has 1 N–H and O–H groups in total. The van der Waals surface area contributed by atoms with Crippen molar-refractivity contribution in [2.45, 2.75) is 19.3 Å². The fraction of sp³-hybridized carbons (Fsp3) is 0.348. The normalized spacial score (nSPS) is 14.0. The van der Waals surface area contributed by atoms with Gasteiger partial charge in [-0.1, -0.05) is 12.1 Å². The summed E-state index contributed by atoms with van der Waals surface area (Å²) in [5, 5.41) is 3.00. The second kappa shape index (κ2) is 9.87. The molecule has 2 aromatic carbocycles. The molecular weight excluding hydrogens is 368 g/mol. The van der Waals surface area contributed by atoms with Gasteiger partial charge >= 0.3 is 0 Å². The summed E-state index contributed by atoms with van der Waals surface area (Å²) in [6.07, 6.45) is 6.87. The Hall–Kier alpha value is -3.15. The summed E-state index contributed by atoms with van der Waals surface area (Å²) in [4.78, 5) is 14.9. The van der Waals surface area contributed by atoms with Crippen molar-refractivity contribution in [2.24, 2.45) is 0 Å². The van der Waals surface area contributed by atoms with Crippen molar-refractivity contribution in [3.8, 4) is 17.2 Å². The lowest BCUT2D eigenvalue weighted by Gasteiger charge is -2.30. The molecule has 6 nitrogen and oxygen atoms in total. The maximum absolute atomic E-state index is 12.5. The van der Waals surface area contributed by atoms with E-state index in [-0.39, 0.29) is 5.91 Å². The Labute approximate surface area is 172 Å². The predicted octanol–water partition coefficient (Wildman–Crippen LogP) is 4.35. The van der Waals surface area contributed by atoms with Crippen LogP contribution in [0.3, 0.4) is 0 Å². The summed E-state index contributed by atoms with van der Waals surface area (Å²) in [6.45, 7) is 2.04. The van der Waals surface area contributed by atoms with Gasteiger partial charge in [-0.2, -0.15) is 0 Å². The highest BCUT2D eigenvalue weighted by Gasteiger charge is 2.15. The number of anilines is 2. The maximum atomic E-state index is 12.5. The van der Waals surface area contributed by atoms with E-state index < -0.39 is 0 Å². The van der Waals surface area contributed by atoms with Gasteiger partial charge in [0.25, 0.3) is 0 Å². The first-order valence-corrected chi connectivity index (χ1v) is 9.79. The summed E-state index contributed by atoms with van der Waals surface area (Å²) < 4.78 is 16.1. The van der Waals surface area contributed by atoms with Crippen LogP contribution in [0.25, 0.3) is 6.08 Å². The van der Waals surface area contributed by atoms with Crippen molar-refractivity contribution in [3.05, 3.63) is 48.0 Å². The smallest absolute Gasteiger partial charge is 0.248 e. The molecule has 2 aromatic rings.